The minimum Gasteiger partial charge on any atom is -0.356 e. The summed E-state index contributed by atoms with van der Waals surface area (Å²) in [6, 6.07) is 0. The van der Waals surface area contributed by atoms with Gasteiger partial charge in [0.15, 0.2) is 0 Å². The molecule has 0 spiro atoms. The molecule has 1 heterocycles. The van der Waals surface area contributed by atoms with Crippen LogP contribution < -0.4 is 10.6 Å². The lowest BCUT2D eigenvalue weighted by atomic mass is 9.85. The van der Waals surface area contributed by atoms with E-state index in [2.05, 4.69) is 45.3 Å². The quantitative estimate of drug-likeness (QED) is 0.770. The van der Waals surface area contributed by atoms with Crippen LogP contribution >= 0.6 is 0 Å². The molecule has 3 nitrogen and oxygen atoms in total. The lowest BCUT2D eigenvalue weighted by Crippen LogP contribution is -2.39. The van der Waals surface area contributed by atoms with E-state index < -0.39 is 0 Å². The zero-order valence-corrected chi connectivity index (χ0v) is 11.9. The molecule has 0 radical (unpaired) electrons. The Morgan fingerprint density at radius 1 is 1.24 bits per heavy atom. The monoisotopic (exact) mass is 240 g/mol. The third-order valence-corrected chi connectivity index (χ3v) is 4.08. The standard InChI is InChI=1S/C14H28N2O/c1-9(2)12(10(3)4)8-16-14(17)13-7-15-6-11(13)5/h9-13,15H,6-8H2,1-5H3,(H,16,17). The van der Waals surface area contributed by atoms with Crippen molar-refractivity contribution in [2.75, 3.05) is 19.6 Å². The maximum absolute atomic E-state index is 12.1. The highest BCUT2D eigenvalue weighted by Gasteiger charge is 2.30. The molecule has 100 valence electrons. The van der Waals surface area contributed by atoms with Gasteiger partial charge in [0.1, 0.15) is 0 Å². The van der Waals surface area contributed by atoms with Crippen LogP contribution in [0.2, 0.25) is 0 Å². The summed E-state index contributed by atoms with van der Waals surface area (Å²) in [5, 5.41) is 6.41. The summed E-state index contributed by atoms with van der Waals surface area (Å²) >= 11 is 0. The number of carbonyl (C=O) groups is 1. The molecule has 1 rings (SSSR count). The van der Waals surface area contributed by atoms with Crippen molar-refractivity contribution in [1.82, 2.24) is 10.6 Å². The van der Waals surface area contributed by atoms with E-state index >= 15 is 0 Å². The first kappa shape index (κ1) is 14.5. The Balaban J connectivity index is 2.41. The van der Waals surface area contributed by atoms with Crippen molar-refractivity contribution in [3.8, 4) is 0 Å². The average Bonchev–Trinajstić information content (AvgIpc) is 2.63. The number of carbonyl (C=O) groups excluding carboxylic acids is 1. The van der Waals surface area contributed by atoms with Gasteiger partial charge in [0.2, 0.25) is 5.91 Å². The molecular weight excluding hydrogens is 212 g/mol. The van der Waals surface area contributed by atoms with Gasteiger partial charge in [0.05, 0.1) is 5.92 Å². The molecule has 0 bridgehead atoms. The van der Waals surface area contributed by atoms with Crippen LogP contribution in [0, 0.1) is 29.6 Å². The van der Waals surface area contributed by atoms with Gasteiger partial charge in [0.25, 0.3) is 0 Å². The maximum atomic E-state index is 12.1. The molecule has 1 saturated heterocycles. The first-order valence-corrected chi connectivity index (χ1v) is 6.91. The molecule has 0 aromatic heterocycles. The number of amides is 1. The van der Waals surface area contributed by atoms with E-state index in [-0.39, 0.29) is 11.8 Å². The summed E-state index contributed by atoms with van der Waals surface area (Å²) in [5.74, 6) is 2.67. The molecule has 1 amide bonds. The highest BCUT2D eigenvalue weighted by atomic mass is 16.1. The second kappa shape index (κ2) is 6.39. The lowest BCUT2D eigenvalue weighted by molar-refractivity contribution is -0.125. The predicted octanol–water partition coefficient (Wildman–Crippen LogP) is 1.89. The lowest BCUT2D eigenvalue weighted by Gasteiger charge is -2.26. The fourth-order valence-corrected chi connectivity index (χ4v) is 2.75. The van der Waals surface area contributed by atoms with Gasteiger partial charge < -0.3 is 10.6 Å². The molecule has 3 heteroatoms. The molecule has 0 saturated carbocycles. The Hall–Kier alpha value is -0.570. The minimum absolute atomic E-state index is 0.162. The molecule has 1 aliphatic rings. The van der Waals surface area contributed by atoms with Gasteiger partial charge in [0, 0.05) is 13.1 Å². The Morgan fingerprint density at radius 2 is 1.82 bits per heavy atom. The van der Waals surface area contributed by atoms with Gasteiger partial charge in [-0.25, -0.2) is 0 Å². The SMILES string of the molecule is CC(C)C(CNC(=O)C1CNCC1C)C(C)C. The molecule has 17 heavy (non-hydrogen) atoms. The summed E-state index contributed by atoms with van der Waals surface area (Å²) in [6.07, 6.45) is 0. The normalized spacial score (nSPS) is 24.9. The third kappa shape index (κ3) is 3.98. The van der Waals surface area contributed by atoms with Crippen molar-refractivity contribution in [2.45, 2.75) is 34.6 Å². The highest BCUT2D eigenvalue weighted by Crippen LogP contribution is 2.20. The van der Waals surface area contributed by atoms with Crippen LogP contribution in [-0.4, -0.2) is 25.5 Å². The van der Waals surface area contributed by atoms with E-state index in [0.717, 1.165) is 19.6 Å². The van der Waals surface area contributed by atoms with Crippen LogP contribution in [0.1, 0.15) is 34.6 Å². The van der Waals surface area contributed by atoms with Gasteiger partial charge in [-0.1, -0.05) is 34.6 Å². The molecule has 1 fully saturated rings. The van der Waals surface area contributed by atoms with Gasteiger partial charge in [-0.05, 0) is 30.2 Å². The van der Waals surface area contributed by atoms with Gasteiger partial charge in [-0.15, -0.1) is 0 Å². The predicted molar refractivity (Wildman–Crippen MR) is 71.7 cm³/mol. The minimum atomic E-state index is 0.162. The molecule has 0 aromatic rings. The molecule has 2 unspecified atom stereocenters. The second-order valence-electron chi connectivity index (χ2n) is 6.14. The number of nitrogens with one attached hydrogen (secondary N) is 2. The maximum Gasteiger partial charge on any atom is 0.224 e. The van der Waals surface area contributed by atoms with Crippen molar-refractivity contribution in [3.05, 3.63) is 0 Å². The summed E-state index contributed by atoms with van der Waals surface area (Å²) in [5.41, 5.74) is 0. The molecule has 2 atom stereocenters. The first-order chi connectivity index (χ1) is 7.93. The fraction of sp³-hybridized carbons (Fsp3) is 0.929. The molecule has 0 aliphatic carbocycles. The Morgan fingerprint density at radius 3 is 2.24 bits per heavy atom. The largest absolute Gasteiger partial charge is 0.356 e. The molecule has 2 N–H and O–H groups in total. The fourth-order valence-electron chi connectivity index (χ4n) is 2.75. The van der Waals surface area contributed by atoms with E-state index in [1.165, 1.54) is 0 Å². The summed E-state index contributed by atoms with van der Waals surface area (Å²) in [7, 11) is 0. The van der Waals surface area contributed by atoms with E-state index in [9.17, 15) is 4.79 Å². The Bertz CT molecular complexity index is 243. The van der Waals surface area contributed by atoms with Crippen molar-refractivity contribution in [1.29, 1.82) is 0 Å². The second-order valence-corrected chi connectivity index (χ2v) is 6.14. The topological polar surface area (TPSA) is 41.1 Å². The van der Waals surface area contributed by atoms with Crippen molar-refractivity contribution in [2.24, 2.45) is 29.6 Å². The van der Waals surface area contributed by atoms with Crippen LogP contribution in [0.4, 0.5) is 0 Å². The van der Waals surface area contributed by atoms with Crippen LogP contribution in [0.25, 0.3) is 0 Å². The van der Waals surface area contributed by atoms with Gasteiger partial charge >= 0.3 is 0 Å². The van der Waals surface area contributed by atoms with Gasteiger partial charge in [-0.2, -0.15) is 0 Å². The molecule has 1 aliphatic heterocycles. The van der Waals surface area contributed by atoms with Crippen molar-refractivity contribution in [3.63, 3.8) is 0 Å². The van der Waals surface area contributed by atoms with Crippen molar-refractivity contribution < 1.29 is 4.79 Å². The van der Waals surface area contributed by atoms with Crippen LogP contribution in [0.3, 0.4) is 0 Å². The van der Waals surface area contributed by atoms with E-state index in [4.69, 9.17) is 0 Å². The third-order valence-electron chi connectivity index (χ3n) is 4.08. The van der Waals surface area contributed by atoms with Crippen molar-refractivity contribution >= 4 is 5.91 Å². The van der Waals surface area contributed by atoms with Crippen LogP contribution in [0.5, 0.6) is 0 Å². The van der Waals surface area contributed by atoms with E-state index in [1.807, 2.05) is 0 Å². The summed E-state index contributed by atoms with van der Waals surface area (Å²) < 4.78 is 0. The van der Waals surface area contributed by atoms with Gasteiger partial charge in [-0.3, -0.25) is 4.79 Å². The first-order valence-electron chi connectivity index (χ1n) is 6.91. The van der Waals surface area contributed by atoms with E-state index in [0.29, 0.717) is 23.7 Å². The number of hydrogen-bond acceptors (Lipinski definition) is 2. The Labute approximate surface area is 106 Å². The Kier molecular flexibility index (Phi) is 5.44. The zero-order valence-electron chi connectivity index (χ0n) is 11.9. The zero-order chi connectivity index (χ0) is 13.0. The molecular formula is C14H28N2O. The summed E-state index contributed by atoms with van der Waals surface area (Å²) in [4.78, 5) is 12.1. The number of hydrogen-bond donors (Lipinski definition) is 2. The smallest absolute Gasteiger partial charge is 0.224 e. The highest BCUT2D eigenvalue weighted by molar-refractivity contribution is 5.79. The summed E-state index contributed by atoms with van der Waals surface area (Å²) in [6.45, 7) is 13.7. The van der Waals surface area contributed by atoms with Crippen LogP contribution in [-0.2, 0) is 4.79 Å². The molecule has 0 aromatic carbocycles. The average molecular weight is 240 g/mol. The number of rotatable bonds is 5. The van der Waals surface area contributed by atoms with E-state index in [1.54, 1.807) is 0 Å². The van der Waals surface area contributed by atoms with Crippen LogP contribution in [0.15, 0.2) is 0 Å².